The number of fused-ring (bicyclic) bond motifs is 10. The van der Waals surface area contributed by atoms with E-state index in [-0.39, 0.29) is 0 Å². The molecule has 3 heteroatoms. The molecule has 224 valence electrons. The molecule has 2 heterocycles. The van der Waals surface area contributed by atoms with E-state index in [0.29, 0.717) is 5.82 Å². The first kappa shape index (κ1) is 26.9. The van der Waals surface area contributed by atoms with Crippen molar-refractivity contribution in [1.29, 1.82) is 0 Å². The number of benzene rings is 7. The highest BCUT2D eigenvalue weighted by molar-refractivity contribution is 5.95. The third-order valence-electron chi connectivity index (χ3n) is 9.97. The van der Waals surface area contributed by atoms with Gasteiger partial charge in [-0.05, 0) is 57.6 Å². The minimum Gasteiger partial charge on any atom is -0.457 e. The maximum atomic E-state index is 6.50. The number of hydrogen-bond acceptors (Lipinski definition) is 3. The Kier molecular flexibility index (Phi) is 5.79. The van der Waals surface area contributed by atoms with E-state index in [1.807, 2.05) is 12.1 Å². The number of aromatic nitrogens is 2. The van der Waals surface area contributed by atoms with Crippen LogP contribution < -0.4 is 4.74 Å². The minimum absolute atomic E-state index is 0.494. The highest BCUT2D eigenvalue weighted by atomic mass is 16.5. The van der Waals surface area contributed by atoms with Crippen molar-refractivity contribution in [3.8, 4) is 56.4 Å². The van der Waals surface area contributed by atoms with Gasteiger partial charge in [-0.15, -0.1) is 0 Å². The van der Waals surface area contributed by atoms with Gasteiger partial charge in [0.25, 0.3) is 0 Å². The van der Waals surface area contributed by atoms with Gasteiger partial charge in [0.05, 0.1) is 16.6 Å². The van der Waals surface area contributed by atoms with E-state index < -0.39 is 5.41 Å². The average molecular weight is 613 g/mol. The molecule has 0 amide bonds. The molecule has 1 aromatic heterocycles. The monoisotopic (exact) mass is 612 g/mol. The standard InChI is InChI=1S/C45H28N2O/c1-2-12-29(13-3-1)30-22-24-31(25-23-30)43-34-15-5-9-19-40(34)46-44(47-43)32-26-27-37-35(28-32)33-14-4-6-16-36(33)45(37)38-17-7-10-20-41(38)48-42-21-11-8-18-39(42)45/h1-28H. The summed E-state index contributed by atoms with van der Waals surface area (Å²) in [5.41, 5.74) is 13.0. The molecular weight excluding hydrogens is 585 g/mol. The van der Waals surface area contributed by atoms with Gasteiger partial charge in [0, 0.05) is 27.6 Å². The van der Waals surface area contributed by atoms with Crippen LogP contribution in [0.2, 0.25) is 0 Å². The zero-order chi connectivity index (χ0) is 31.7. The first-order valence-corrected chi connectivity index (χ1v) is 16.3. The van der Waals surface area contributed by atoms with Crippen LogP contribution in [0, 0.1) is 0 Å². The molecule has 48 heavy (non-hydrogen) atoms. The first-order chi connectivity index (χ1) is 23.8. The second kappa shape index (κ2) is 10.3. The molecule has 8 aromatic rings. The minimum atomic E-state index is -0.494. The molecule has 0 bridgehead atoms. The van der Waals surface area contributed by atoms with Crippen LogP contribution in [0.3, 0.4) is 0 Å². The quantitative estimate of drug-likeness (QED) is 0.199. The third kappa shape index (κ3) is 3.82. The van der Waals surface area contributed by atoms with Gasteiger partial charge in [-0.2, -0.15) is 0 Å². The van der Waals surface area contributed by atoms with E-state index in [9.17, 15) is 0 Å². The summed E-state index contributed by atoms with van der Waals surface area (Å²) in [5, 5.41) is 1.04. The summed E-state index contributed by atoms with van der Waals surface area (Å²) in [7, 11) is 0. The fourth-order valence-electron chi connectivity index (χ4n) is 7.87. The van der Waals surface area contributed by atoms with Gasteiger partial charge in [0.15, 0.2) is 5.82 Å². The second-order valence-electron chi connectivity index (χ2n) is 12.5. The van der Waals surface area contributed by atoms with Crippen LogP contribution in [0.4, 0.5) is 0 Å². The van der Waals surface area contributed by atoms with Crippen molar-refractivity contribution < 1.29 is 4.74 Å². The molecule has 1 aliphatic carbocycles. The predicted molar refractivity (Wildman–Crippen MR) is 193 cm³/mol. The van der Waals surface area contributed by atoms with Crippen LogP contribution in [0.5, 0.6) is 11.5 Å². The zero-order valence-electron chi connectivity index (χ0n) is 26.0. The van der Waals surface area contributed by atoms with Crippen molar-refractivity contribution in [2.75, 3.05) is 0 Å². The van der Waals surface area contributed by atoms with Crippen LogP contribution in [0.25, 0.3) is 55.8 Å². The van der Waals surface area contributed by atoms with Crippen molar-refractivity contribution in [2.45, 2.75) is 5.41 Å². The molecule has 2 aliphatic rings. The van der Waals surface area contributed by atoms with Crippen molar-refractivity contribution in [3.63, 3.8) is 0 Å². The summed E-state index contributed by atoms with van der Waals surface area (Å²) in [6, 6.07) is 60.0. The van der Waals surface area contributed by atoms with Crippen LogP contribution in [0.1, 0.15) is 22.3 Å². The van der Waals surface area contributed by atoms with Gasteiger partial charge in [0.2, 0.25) is 0 Å². The summed E-state index contributed by atoms with van der Waals surface area (Å²) >= 11 is 0. The SMILES string of the molecule is c1ccc(-c2ccc(-c3nc(-c4ccc5c(c4)-c4ccccc4C54c5ccccc5Oc5ccccc54)nc4ccccc34)cc2)cc1. The van der Waals surface area contributed by atoms with E-state index in [1.165, 1.54) is 33.4 Å². The summed E-state index contributed by atoms with van der Waals surface area (Å²) in [4.78, 5) is 10.4. The first-order valence-electron chi connectivity index (χ1n) is 16.3. The Balaban J connectivity index is 1.17. The second-order valence-corrected chi connectivity index (χ2v) is 12.5. The Bertz CT molecular complexity index is 2490. The molecule has 0 saturated carbocycles. The van der Waals surface area contributed by atoms with Crippen molar-refractivity contribution in [3.05, 3.63) is 192 Å². The van der Waals surface area contributed by atoms with Crippen LogP contribution in [0.15, 0.2) is 170 Å². The van der Waals surface area contributed by atoms with Crippen LogP contribution in [-0.2, 0) is 5.41 Å². The fraction of sp³-hybridized carbons (Fsp3) is 0.0222. The smallest absolute Gasteiger partial charge is 0.160 e. The van der Waals surface area contributed by atoms with Crippen LogP contribution in [-0.4, -0.2) is 9.97 Å². The van der Waals surface area contributed by atoms with Gasteiger partial charge in [-0.25, -0.2) is 9.97 Å². The maximum absolute atomic E-state index is 6.50. The Labute approximate surface area is 278 Å². The van der Waals surface area contributed by atoms with Crippen molar-refractivity contribution >= 4 is 10.9 Å². The Morgan fingerprint density at radius 3 is 1.73 bits per heavy atom. The lowest BCUT2D eigenvalue weighted by molar-refractivity contribution is 0.436. The normalized spacial score (nSPS) is 13.3. The average Bonchev–Trinajstić information content (AvgIpc) is 3.45. The van der Waals surface area contributed by atoms with Crippen molar-refractivity contribution in [1.82, 2.24) is 9.97 Å². The molecule has 0 saturated heterocycles. The number of hydrogen-bond donors (Lipinski definition) is 0. The van der Waals surface area contributed by atoms with Gasteiger partial charge >= 0.3 is 0 Å². The largest absolute Gasteiger partial charge is 0.457 e. The molecular formula is C45H28N2O. The predicted octanol–water partition coefficient (Wildman–Crippen LogP) is 11.1. The number of para-hydroxylation sites is 3. The van der Waals surface area contributed by atoms with E-state index in [4.69, 9.17) is 14.7 Å². The summed E-state index contributed by atoms with van der Waals surface area (Å²) in [6.45, 7) is 0. The maximum Gasteiger partial charge on any atom is 0.160 e. The van der Waals surface area contributed by atoms with E-state index in [2.05, 4.69) is 158 Å². The summed E-state index contributed by atoms with van der Waals surface area (Å²) in [5.74, 6) is 2.50. The highest BCUT2D eigenvalue weighted by Crippen LogP contribution is 2.62. The fourth-order valence-corrected chi connectivity index (χ4v) is 7.87. The Hall–Kier alpha value is -6.32. The summed E-state index contributed by atoms with van der Waals surface area (Å²) in [6.07, 6.45) is 0. The molecule has 3 nitrogen and oxygen atoms in total. The van der Waals surface area contributed by atoms with Crippen molar-refractivity contribution in [2.24, 2.45) is 0 Å². The zero-order valence-corrected chi connectivity index (χ0v) is 26.0. The van der Waals surface area contributed by atoms with Gasteiger partial charge in [0.1, 0.15) is 11.5 Å². The van der Waals surface area contributed by atoms with Gasteiger partial charge in [-0.1, -0.05) is 146 Å². The molecule has 0 unspecified atom stereocenters. The lowest BCUT2D eigenvalue weighted by Gasteiger charge is -2.39. The number of ether oxygens (including phenoxy) is 1. The van der Waals surface area contributed by atoms with E-state index in [1.54, 1.807) is 0 Å². The van der Waals surface area contributed by atoms with Gasteiger partial charge < -0.3 is 4.74 Å². The lowest BCUT2D eigenvalue weighted by atomic mass is 9.66. The highest BCUT2D eigenvalue weighted by Gasteiger charge is 2.50. The topological polar surface area (TPSA) is 35.0 Å². The molecule has 0 N–H and O–H groups in total. The molecule has 0 radical (unpaired) electrons. The lowest BCUT2D eigenvalue weighted by Crippen LogP contribution is -2.32. The molecule has 10 rings (SSSR count). The number of nitrogens with zero attached hydrogens (tertiary/aromatic N) is 2. The molecule has 1 aliphatic heterocycles. The summed E-state index contributed by atoms with van der Waals surface area (Å²) < 4.78 is 6.50. The van der Waals surface area contributed by atoms with Crippen LogP contribution >= 0.6 is 0 Å². The molecule has 7 aromatic carbocycles. The molecule has 1 spiro atoms. The molecule has 0 atom stereocenters. The Morgan fingerprint density at radius 2 is 0.958 bits per heavy atom. The Morgan fingerprint density at radius 1 is 0.396 bits per heavy atom. The number of rotatable bonds is 3. The van der Waals surface area contributed by atoms with E-state index >= 15 is 0 Å². The van der Waals surface area contributed by atoms with Gasteiger partial charge in [-0.3, -0.25) is 0 Å². The van der Waals surface area contributed by atoms with E-state index in [0.717, 1.165) is 50.3 Å². The third-order valence-corrected chi connectivity index (χ3v) is 9.97. The molecule has 0 fully saturated rings.